The molecule has 0 fully saturated rings. The Morgan fingerprint density at radius 1 is 0.792 bits per heavy atom. The molecule has 0 radical (unpaired) electrons. The average Bonchev–Trinajstić information content (AvgIpc) is 2.62. The molecule has 0 saturated carbocycles. The second-order valence-electron chi connectivity index (χ2n) is 5.42. The summed E-state index contributed by atoms with van der Waals surface area (Å²) in [5.41, 5.74) is 3.16. The summed E-state index contributed by atoms with van der Waals surface area (Å²) < 4.78 is 19.7. The van der Waals surface area contributed by atoms with Crippen molar-refractivity contribution in [2.24, 2.45) is 0 Å². The van der Waals surface area contributed by atoms with Crippen molar-refractivity contribution < 1.29 is 9.13 Å². The minimum Gasteiger partial charge on any atom is -0.489 e. The fourth-order valence-electron chi connectivity index (χ4n) is 2.22. The molecule has 0 atom stereocenters. The van der Waals surface area contributed by atoms with E-state index in [1.165, 1.54) is 12.1 Å². The van der Waals surface area contributed by atoms with E-state index in [9.17, 15) is 4.39 Å². The zero-order valence-corrected chi connectivity index (χ0v) is 14.6. The normalized spacial score (nSPS) is 10.4. The highest BCUT2D eigenvalue weighted by molar-refractivity contribution is 9.10. The van der Waals surface area contributed by atoms with Gasteiger partial charge in [-0.05, 0) is 59.7 Å². The highest BCUT2D eigenvalue weighted by Gasteiger charge is 1.99. The Kier molecular flexibility index (Phi) is 5.49. The van der Waals surface area contributed by atoms with Gasteiger partial charge >= 0.3 is 0 Å². The summed E-state index contributed by atoms with van der Waals surface area (Å²) in [6, 6.07) is 22.4. The van der Waals surface area contributed by atoms with E-state index in [0.29, 0.717) is 13.2 Å². The Balaban J connectivity index is 1.51. The third-order valence-electron chi connectivity index (χ3n) is 3.58. The fourth-order valence-corrected chi connectivity index (χ4v) is 2.49. The number of benzene rings is 3. The number of halogens is 2. The summed E-state index contributed by atoms with van der Waals surface area (Å²) in [5, 5.41) is 3.26. The van der Waals surface area contributed by atoms with Crippen molar-refractivity contribution in [3.05, 3.63) is 94.2 Å². The standard InChI is InChI=1S/C20H17BrFNO/c21-17-5-1-16(2-6-17)14-24-20-11-3-15(4-12-20)13-23-19-9-7-18(22)8-10-19/h1-12,23H,13-14H2. The topological polar surface area (TPSA) is 21.3 Å². The van der Waals surface area contributed by atoms with Gasteiger partial charge in [-0.3, -0.25) is 0 Å². The van der Waals surface area contributed by atoms with E-state index >= 15 is 0 Å². The number of rotatable bonds is 6. The minimum atomic E-state index is -0.229. The number of hydrogen-bond acceptors (Lipinski definition) is 2. The summed E-state index contributed by atoms with van der Waals surface area (Å²) in [7, 11) is 0. The van der Waals surface area contributed by atoms with Crippen molar-refractivity contribution >= 4 is 21.6 Å². The first-order valence-electron chi connectivity index (χ1n) is 7.65. The molecule has 0 aliphatic carbocycles. The number of hydrogen-bond donors (Lipinski definition) is 1. The Morgan fingerprint density at radius 3 is 2.08 bits per heavy atom. The molecule has 0 aromatic heterocycles. The molecule has 0 amide bonds. The molecule has 4 heteroatoms. The van der Waals surface area contributed by atoms with Crippen molar-refractivity contribution in [1.82, 2.24) is 0 Å². The van der Waals surface area contributed by atoms with Gasteiger partial charge < -0.3 is 10.1 Å². The minimum absolute atomic E-state index is 0.229. The van der Waals surface area contributed by atoms with Crippen LogP contribution in [0.3, 0.4) is 0 Å². The van der Waals surface area contributed by atoms with Crippen LogP contribution in [0.5, 0.6) is 5.75 Å². The van der Waals surface area contributed by atoms with E-state index in [-0.39, 0.29) is 5.82 Å². The van der Waals surface area contributed by atoms with Crippen LogP contribution in [0.1, 0.15) is 11.1 Å². The molecule has 1 N–H and O–H groups in total. The first-order chi connectivity index (χ1) is 11.7. The maximum Gasteiger partial charge on any atom is 0.123 e. The molecule has 122 valence electrons. The molecule has 2 nitrogen and oxygen atoms in total. The fraction of sp³-hybridized carbons (Fsp3) is 0.100. The van der Waals surface area contributed by atoms with E-state index in [0.717, 1.165) is 27.0 Å². The largest absolute Gasteiger partial charge is 0.489 e. The van der Waals surface area contributed by atoms with Gasteiger partial charge in [0.1, 0.15) is 18.2 Å². The summed E-state index contributed by atoms with van der Waals surface area (Å²) >= 11 is 3.42. The van der Waals surface area contributed by atoms with Crippen LogP contribution in [0.15, 0.2) is 77.3 Å². The van der Waals surface area contributed by atoms with Crippen molar-refractivity contribution in [2.75, 3.05) is 5.32 Å². The van der Waals surface area contributed by atoms with Crippen LogP contribution in [-0.2, 0) is 13.2 Å². The monoisotopic (exact) mass is 385 g/mol. The van der Waals surface area contributed by atoms with Crippen molar-refractivity contribution in [3.63, 3.8) is 0 Å². The van der Waals surface area contributed by atoms with Gasteiger partial charge in [-0.2, -0.15) is 0 Å². The molecule has 0 unspecified atom stereocenters. The third kappa shape index (κ3) is 4.83. The van der Waals surface area contributed by atoms with Crippen molar-refractivity contribution in [2.45, 2.75) is 13.2 Å². The van der Waals surface area contributed by atoms with E-state index in [1.54, 1.807) is 12.1 Å². The van der Waals surface area contributed by atoms with Crippen LogP contribution in [0.4, 0.5) is 10.1 Å². The van der Waals surface area contributed by atoms with Crippen molar-refractivity contribution in [1.29, 1.82) is 0 Å². The summed E-state index contributed by atoms with van der Waals surface area (Å²) in [6.45, 7) is 1.22. The van der Waals surface area contributed by atoms with Gasteiger partial charge in [0.25, 0.3) is 0 Å². The van der Waals surface area contributed by atoms with E-state index in [2.05, 4.69) is 21.2 Å². The summed E-state index contributed by atoms with van der Waals surface area (Å²) in [6.07, 6.45) is 0. The first-order valence-corrected chi connectivity index (χ1v) is 8.44. The molecule has 0 spiro atoms. The third-order valence-corrected chi connectivity index (χ3v) is 4.11. The van der Waals surface area contributed by atoms with Gasteiger partial charge in [-0.1, -0.05) is 40.2 Å². The Bertz CT molecular complexity index is 702. The van der Waals surface area contributed by atoms with E-state index < -0.39 is 0 Å². The molecule has 0 saturated heterocycles. The lowest BCUT2D eigenvalue weighted by Gasteiger charge is -2.09. The van der Waals surface area contributed by atoms with Crippen LogP contribution >= 0.6 is 15.9 Å². The second kappa shape index (κ2) is 7.97. The number of anilines is 1. The molecule has 0 heterocycles. The lowest BCUT2D eigenvalue weighted by Crippen LogP contribution is -2.00. The molecule has 3 aromatic carbocycles. The molecule has 0 aliphatic heterocycles. The lowest BCUT2D eigenvalue weighted by atomic mass is 10.2. The van der Waals surface area contributed by atoms with Gasteiger partial charge in [0.05, 0.1) is 0 Å². The highest BCUT2D eigenvalue weighted by Crippen LogP contribution is 2.17. The maximum atomic E-state index is 12.9. The highest BCUT2D eigenvalue weighted by atomic mass is 79.9. The van der Waals surface area contributed by atoms with Crippen LogP contribution < -0.4 is 10.1 Å². The van der Waals surface area contributed by atoms with Gasteiger partial charge in [0.15, 0.2) is 0 Å². The van der Waals surface area contributed by atoms with Crippen LogP contribution in [0, 0.1) is 5.82 Å². The Labute approximate surface area is 149 Å². The summed E-state index contributed by atoms with van der Waals surface area (Å²) in [4.78, 5) is 0. The van der Waals surface area contributed by atoms with Crippen molar-refractivity contribution in [3.8, 4) is 5.75 Å². The second-order valence-corrected chi connectivity index (χ2v) is 6.34. The van der Waals surface area contributed by atoms with Gasteiger partial charge in [0, 0.05) is 16.7 Å². The Morgan fingerprint density at radius 2 is 1.42 bits per heavy atom. The van der Waals surface area contributed by atoms with Crippen LogP contribution in [-0.4, -0.2) is 0 Å². The first kappa shape index (κ1) is 16.5. The molecule has 3 rings (SSSR count). The zero-order valence-electron chi connectivity index (χ0n) is 13.0. The number of nitrogens with one attached hydrogen (secondary N) is 1. The molecular weight excluding hydrogens is 369 g/mol. The molecule has 3 aromatic rings. The lowest BCUT2D eigenvalue weighted by molar-refractivity contribution is 0.306. The Hall–Kier alpha value is -2.33. The van der Waals surface area contributed by atoms with Gasteiger partial charge in [0.2, 0.25) is 0 Å². The maximum absolute atomic E-state index is 12.9. The summed E-state index contributed by atoms with van der Waals surface area (Å²) in [5.74, 6) is 0.608. The smallest absolute Gasteiger partial charge is 0.123 e. The van der Waals surface area contributed by atoms with E-state index in [1.807, 2.05) is 48.5 Å². The average molecular weight is 386 g/mol. The van der Waals surface area contributed by atoms with Gasteiger partial charge in [-0.25, -0.2) is 4.39 Å². The zero-order chi connectivity index (χ0) is 16.8. The predicted octanol–water partition coefficient (Wildman–Crippen LogP) is 5.78. The quantitative estimate of drug-likeness (QED) is 0.580. The van der Waals surface area contributed by atoms with Crippen LogP contribution in [0.25, 0.3) is 0 Å². The molecule has 24 heavy (non-hydrogen) atoms. The number of ether oxygens (including phenoxy) is 1. The van der Waals surface area contributed by atoms with E-state index in [4.69, 9.17) is 4.74 Å². The molecule has 0 bridgehead atoms. The van der Waals surface area contributed by atoms with Gasteiger partial charge in [-0.15, -0.1) is 0 Å². The molecular formula is C20H17BrFNO. The predicted molar refractivity (Wildman–Crippen MR) is 98.6 cm³/mol. The van der Waals surface area contributed by atoms with Crippen LogP contribution in [0.2, 0.25) is 0 Å². The molecule has 0 aliphatic rings. The SMILES string of the molecule is Fc1ccc(NCc2ccc(OCc3ccc(Br)cc3)cc2)cc1.